The standard InChI is InChI=1S/C40H37N.C2H6/c1-6-13-28(2)26-35-29(3)18-24-38-39(35)36-27-34(23-25-37(36)40(38,4)5)41(32-16-11-8-12-17-32)33-21-19-31(20-22-33)30-14-9-7-10-15-30;1-2/h6-25,27H,2,26H2,1,3-5H3;1-2H3/b13-6-;. The largest absolute Gasteiger partial charge is 0.310 e. The summed E-state index contributed by atoms with van der Waals surface area (Å²) in [6, 6.07) is 41.8. The lowest BCUT2D eigenvalue weighted by atomic mass is 9.81. The van der Waals surface area contributed by atoms with Gasteiger partial charge in [0.25, 0.3) is 0 Å². The third kappa shape index (κ3) is 5.73. The van der Waals surface area contributed by atoms with Gasteiger partial charge >= 0.3 is 0 Å². The van der Waals surface area contributed by atoms with E-state index in [1.165, 1.54) is 44.5 Å². The zero-order chi connectivity index (χ0) is 30.6. The van der Waals surface area contributed by atoms with Gasteiger partial charge in [-0.3, -0.25) is 0 Å². The Labute approximate surface area is 258 Å². The van der Waals surface area contributed by atoms with Crippen LogP contribution in [0, 0.1) is 6.92 Å². The van der Waals surface area contributed by atoms with Crippen LogP contribution in [0.3, 0.4) is 0 Å². The molecule has 5 aromatic rings. The molecule has 0 amide bonds. The van der Waals surface area contributed by atoms with E-state index in [4.69, 9.17) is 0 Å². The number of hydrogen-bond acceptors (Lipinski definition) is 1. The molecule has 1 nitrogen and oxygen atoms in total. The van der Waals surface area contributed by atoms with Gasteiger partial charge < -0.3 is 4.90 Å². The predicted octanol–water partition coefficient (Wildman–Crippen LogP) is 12.1. The molecule has 1 aliphatic carbocycles. The fourth-order valence-electron chi connectivity index (χ4n) is 6.36. The lowest BCUT2D eigenvalue weighted by Crippen LogP contribution is -2.15. The number of rotatable bonds is 7. The highest BCUT2D eigenvalue weighted by Crippen LogP contribution is 2.52. The van der Waals surface area contributed by atoms with Gasteiger partial charge in [-0.05, 0) is 101 Å². The number of benzene rings is 5. The first-order valence-corrected chi connectivity index (χ1v) is 15.5. The van der Waals surface area contributed by atoms with Crippen LogP contribution in [-0.4, -0.2) is 0 Å². The third-order valence-corrected chi connectivity index (χ3v) is 8.48. The van der Waals surface area contributed by atoms with Crippen molar-refractivity contribution in [3.63, 3.8) is 0 Å². The van der Waals surface area contributed by atoms with E-state index in [0.29, 0.717) is 0 Å². The van der Waals surface area contributed by atoms with Crippen molar-refractivity contribution in [2.45, 2.75) is 53.4 Å². The first-order chi connectivity index (χ1) is 20.9. The molecule has 1 heteroatoms. The Bertz CT molecular complexity index is 1740. The first kappa shape index (κ1) is 29.9. The number of nitrogens with zero attached hydrogens (tertiary/aromatic N) is 1. The fraction of sp³-hybridized carbons (Fsp3) is 0.190. The van der Waals surface area contributed by atoms with E-state index in [2.05, 4.69) is 167 Å². The Morgan fingerprint density at radius 3 is 1.91 bits per heavy atom. The second-order valence-corrected chi connectivity index (χ2v) is 11.6. The summed E-state index contributed by atoms with van der Waals surface area (Å²) in [4.78, 5) is 2.37. The van der Waals surface area contributed by atoms with E-state index < -0.39 is 0 Å². The molecule has 0 saturated heterocycles. The minimum absolute atomic E-state index is 0.0670. The molecule has 0 saturated carbocycles. The molecule has 0 heterocycles. The van der Waals surface area contributed by atoms with Crippen molar-refractivity contribution in [1.82, 2.24) is 0 Å². The van der Waals surface area contributed by atoms with E-state index in [9.17, 15) is 0 Å². The Hall–Kier alpha value is -4.62. The van der Waals surface area contributed by atoms with Crippen LogP contribution in [0.5, 0.6) is 0 Å². The molecule has 0 bridgehead atoms. The molecule has 1 aliphatic rings. The smallest absolute Gasteiger partial charge is 0.0468 e. The second kappa shape index (κ2) is 12.7. The van der Waals surface area contributed by atoms with Crippen LogP contribution < -0.4 is 4.90 Å². The Morgan fingerprint density at radius 1 is 0.698 bits per heavy atom. The summed E-state index contributed by atoms with van der Waals surface area (Å²) in [7, 11) is 0. The lowest BCUT2D eigenvalue weighted by Gasteiger charge is -2.27. The second-order valence-electron chi connectivity index (χ2n) is 11.6. The fourth-order valence-corrected chi connectivity index (χ4v) is 6.36. The molecular weight excluding hydrogens is 518 g/mol. The number of anilines is 3. The van der Waals surface area contributed by atoms with Crippen LogP contribution in [0.25, 0.3) is 22.3 Å². The highest BCUT2D eigenvalue weighted by atomic mass is 15.1. The molecule has 0 aromatic heterocycles. The first-order valence-electron chi connectivity index (χ1n) is 15.5. The average Bonchev–Trinajstić information content (AvgIpc) is 3.27. The van der Waals surface area contributed by atoms with Crippen molar-refractivity contribution in [2.75, 3.05) is 4.90 Å². The summed E-state index contributed by atoms with van der Waals surface area (Å²) in [6.45, 7) is 17.4. The number of fused-ring (bicyclic) bond motifs is 3. The minimum atomic E-state index is -0.0670. The van der Waals surface area contributed by atoms with Crippen LogP contribution in [0.2, 0.25) is 0 Å². The molecule has 0 unspecified atom stereocenters. The molecule has 216 valence electrons. The van der Waals surface area contributed by atoms with Gasteiger partial charge in [-0.2, -0.15) is 0 Å². The molecular formula is C42H43N. The average molecular weight is 562 g/mol. The zero-order valence-electron chi connectivity index (χ0n) is 26.5. The maximum Gasteiger partial charge on any atom is 0.0468 e. The maximum atomic E-state index is 4.36. The van der Waals surface area contributed by atoms with Gasteiger partial charge in [0, 0.05) is 22.5 Å². The van der Waals surface area contributed by atoms with Gasteiger partial charge in [-0.15, -0.1) is 0 Å². The van der Waals surface area contributed by atoms with E-state index in [1.807, 2.05) is 13.8 Å². The Kier molecular flexibility index (Phi) is 8.83. The van der Waals surface area contributed by atoms with E-state index in [1.54, 1.807) is 0 Å². The molecule has 6 rings (SSSR count). The van der Waals surface area contributed by atoms with Crippen LogP contribution in [0.15, 0.2) is 140 Å². The summed E-state index contributed by atoms with van der Waals surface area (Å²) in [5, 5.41) is 0. The summed E-state index contributed by atoms with van der Waals surface area (Å²) < 4.78 is 0. The van der Waals surface area contributed by atoms with Crippen LogP contribution >= 0.6 is 0 Å². The topological polar surface area (TPSA) is 3.24 Å². The highest BCUT2D eigenvalue weighted by molar-refractivity contribution is 5.89. The van der Waals surface area contributed by atoms with Gasteiger partial charge in [-0.25, -0.2) is 0 Å². The van der Waals surface area contributed by atoms with Crippen molar-refractivity contribution >= 4 is 17.1 Å². The normalized spacial score (nSPS) is 12.7. The van der Waals surface area contributed by atoms with E-state index in [-0.39, 0.29) is 5.41 Å². The number of allylic oxidation sites excluding steroid dienone is 3. The summed E-state index contributed by atoms with van der Waals surface area (Å²) in [6.07, 6.45) is 5.06. The Balaban J connectivity index is 0.00000180. The predicted molar refractivity (Wildman–Crippen MR) is 188 cm³/mol. The summed E-state index contributed by atoms with van der Waals surface area (Å²) >= 11 is 0. The molecule has 0 aliphatic heterocycles. The number of hydrogen-bond donors (Lipinski definition) is 0. The lowest BCUT2D eigenvalue weighted by molar-refractivity contribution is 0.660. The zero-order valence-corrected chi connectivity index (χ0v) is 26.5. The van der Waals surface area contributed by atoms with Gasteiger partial charge in [0.2, 0.25) is 0 Å². The van der Waals surface area contributed by atoms with E-state index >= 15 is 0 Å². The highest BCUT2D eigenvalue weighted by Gasteiger charge is 2.37. The minimum Gasteiger partial charge on any atom is -0.310 e. The van der Waals surface area contributed by atoms with Crippen LogP contribution in [-0.2, 0) is 11.8 Å². The summed E-state index contributed by atoms with van der Waals surface area (Å²) in [5.41, 5.74) is 15.1. The monoisotopic (exact) mass is 561 g/mol. The molecule has 0 spiro atoms. The SMILES string of the molecule is C=C(/C=C\C)Cc1c(C)ccc2c1-c1cc(N(c3ccccc3)c3ccc(-c4ccccc4)cc3)ccc1C2(C)C.CC. The number of para-hydroxylation sites is 1. The van der Waals surface area contributed by atoms with Crippen molar-refractivity contribution in [3.8, 4) is 22.3 Å². The van der Waals surface area contributed by atoms with Gasteiger partial charge in [0.1, 0.15) is 0 Å². The van der Waals surface area contributed by atoms with Crippen molar-refractivity contribution in [1.29, 1.82) is 0 Å². The van der Waals surface area contributed by atoms with Crippen LogP contribution in [0.1, 0.15) is 56.9 Å². The van der Waals surface area contributed by atoms with Crippen LogP contribution in [0.4, 0.5) is 17.1 Å². The molecule has 5 aromatic carbocycles. The van der Waals surface area contributed by atoms with Gasteiger partial charge in [0.15, 0.2) is 0 Å². The molecule has 43 heavy (non-hydrogen) atoms. The molecule has 0 atom stereocenters. The summed E-state index contributed by atoms with van der Waals surface area (Å²) in [5.74, 6) is 0. The van der Waals surface area contributed by atoms with Crippen molar-refractivity contribution in [3.05, 3.63) is 162 Å². The van der Waals surface area contributed by atoms with Gasteiger partial charge in [0.05, 0.1) is 0 Å². The molecule has 0 radical (unpaired) electrons. The number of aryl methyl sites for hydroxylation is 1. The third-order valence-electron chi connectivity index (χ3n) is 8.48. The maximum absolute atomic E-state index is 4.36. The molecule has 0 fully saturated rings. The van der Waals surface area contributed by atoms with E-state index in [0.717, 1.165) is 29.1 Å². The van der Waals surface area contributed by atoms with Crippen molar-refractivity contribution in [2.24, 2.45) is 0 Å². The van der Waals surface area contributed by atoms with Gasteiger partial charge in [-0.1, -0.05) is 131 Å². The Morgan fingerprint density at radius 2 is 1.26 bits per heavy atom. The van der Waals surface area contributed by atoms with Crippen molar-refractivity contribution < 1.29 is 0 Å². The molecule has 0 N–H and O–H groups in total. The quantitative estimate of drug-likeness (QED) is 0.179.